The van der Waals surface area contributed by atoms with Crippen LogP contribution < -0.4 is 53.0 Å². The molecule has 8 rings (SSSR count). The van der Waals surface area contributed by atoms with Gasteiger partial charge in [-0.3, -0.25) is 19.2 Å². The van der Waals surface area contributed by atoms with Gasteiger partial charge in [0.25, 0.3) is 0 Å². The number of hydrogen-bond donors (Lipinski definition) is 10. The first kappa shape index (κ1) is 57.3. The predicted octanol–water partition coefficient (Wildman–Crippen LogP) is 7.13. The number of fused-ring (bicyclic) bond motifs is 3. The first-order chi connectivity index (χ1) is 37.9. The molecule has 2 saturated heterocycles. The van der Waals surface area contributed by atoms with Crippen LogP contribution in [0.3, 0.4) is 0 Å². The molecule has 12 N–H and O–H groups in total. The smallest absolute Gasteiger partial charge is 0.315 e. The number of ether oxygens (including phenoxy) is 1. The summed E-state index contributed by atoms with van der Waals surface area (Å²) in [6.07, 6.45) is 6.63. The third-order valence-electron chi connectivity index (χ3n) is 13.9. The van der Waals surface area contributed by atoms with Crippen molar-refractivity contribution < 1.29 is 28.7 Å². The van der Waals surface area contributed by atoms with Crippen LogP contribution >= 0.6 is 35.0 Å². The predicted molar refractivity (Wildman–Crippen MR) is 312 cm³/mol. The highest BCUT2D eigenvalue weighted by molar-refractivity contribution is 8.00. The Hall–Kier alpha value is -6.90. The van der Waals surface area contributed by atoms with Crippen LogP contribution in [0, 0.1) is 0 Å². The average Bonchev–Trinajstić information content (AvgIpc) is 4.27. The molecule has 0 unspecified atom stereocenters. The summed E-state index contributed by atoms with van der Waals surface area (Å²) >= 11 is 13.9. The number of unbranched alkanes of at least 4 members (excludes halogenated alkanes) is 2. The van der Waals surface area contributed by atoms with Crippen LogP contribution in [0.4, 0.5) is 21.9 Å². The molecular formula is C56H71Cl2N13O6S. The van der Waals surface area contributed by atoms with Crippen molar-refractivity contribution in [1.29, 1.82) is 0 Å². The summed E-state index contributed by atoms with van der Waals surface area (Å²) in [7, 11) is 0. The lowest BCUT2D eigenvalue weighted by Gasteiger charge is -2.23. The van der Waals surface area contributed by atoms with Gasteiger partial charge in [-0.2, -0.15) is 11.8 Å². The van der Waals surface area contributed by atoms with Crippen molar-refractivity contribution >= 4 is 104 Å². The summed E-state index contributed by atoms with van der Waals surface area (Å²) in [5.74, 6) is 2.96. The fourth-order valence-corrected chi connectivity index (χ4v) is 11.8. The number of aryl methyl sites for hydroxylation is 1. The standard InChI is InChI=1S/C56H71Cl2N13O6S/c57-21-26-71(27-22-58)40-17-13-35(14-18-40)7-5-11-51(74)64-44(55(75)63-25-24-62-49(72)10-2-1-9-48-52-47(34-78-48)69-56(76)70-52)8-3-4-23-61-50(73)12-6-28-77-41-30-36(53-65-42-19-15-38(59)32-45(42)67-53)29-37(31-41)54-66-43-20-16-39(60)33-46(43)68-54/h13-20,29-33,44,47-48,52H,1-12,21-28,34,59-60H2,(H,61,73)(H,62,72)(H,63,75)(H,64,74)(H,65,67)(H,66,68)(H2,69,70,76)/t44-,47-,48-,52-/m0/s1. The number of urea groups is 1. The summed E-state index contributed by atoms with van der Waals surface area (Å²) < 4.78 is 6.24. The van der Waals surface area contributed by atoms with Crippen molar-refractivity contribution in [3.8, 4) is 28.5 Å². The minimum Gasteiger partial charge on any atom is -0.494 e. The quantitative estimate of drug-likeness (QED) is 0.00901. The van der Waals surface area contributed by atoms with Gasteiger partial charge in [0.1, 0.15) is 23.4 Å². The minimum atomic E-state index is -0.793. The second kappa shape index (κ2) is 28.6. The second-order valence-electron chi connectivity index (χ2n) is 19.8. The van der Waals surface area contributed by atoms with Gasteiger partial charge in [-0.05, 0) is 124 Å². The van der Waals surface area contributed by atoms with Gasteiger partial charge in [-0.25, -0.2) is 14.8 Å². The molecule has 22 heteroatoms. The molecular weight excluding hydrogens is 1050 g/mol. The van der Waals surface area contributed by atoms with Crippen LogP contribution in [-0.2, 0) is 25.6 Å². The van der Waals surface area contributed by atoms with Crippen molar-refractivity contribution in [2.75, 3.05) is 73.2 Å². The average molecular weight is 1130 g/mol. The first-order valence-corrected chi connectivity index (χ1v) is 29.1. The van der Waals surface area contributed by atoms with E-state index in [0.717, 1.165) is 69.5 Å². The normalized spacial score (nSPS) is 16.1. The molecule has 4 heterocycles. The van der Waals surface area contributed by atoms with E-state index in [4.69, 9.17) is 49.4 Å². The molecule has 0 spiro atoms. The number of nitrogens with two attached hydrogens (primary N) is 2. The lowest BCUT2D eigenvalue weighted by Crippen LogP contribution is -2.48. The van der Waals surface area contributed by atoms with Crippen molar-refractivity contribution in [3.05, 3.63) is 84.4 Å². The highest BCUT2D eigenvalue weighted by Gasteiger charge is 2.42. The Morgan fingerprint density at radius 3 is 2.00 bits per heavy atom. The molecule has 2 aromatic heterocycles. The second-order valence-corrected chi connectivity index (χ2v) is 21.8. The maximum absolute atomic E-state index is 13.5. The van der Waals surface area contributed by atoms with Gasteiger partial charge in [0.15, 0.2) is 0 Å². The topological polar surface area (TPSA) is 279 Å². The molecule has 0 bridgehead atoms. The molecule has 2 fully saturated rings. The summed E-state index contributed by atoms with van der Waals surface area (Å²) in [6.45, 7) is 2.52. The van der Waals surface area contributed by atoms with E-state index in [9.17, 15) is 24.0 Å². The van der Waals surface area contributed by atoms with Crippen LogP contribution in [0.1, 0.15) is 76.2 Å². The number of H-pyrrole nitrogens is 2. The Morgan fingerprint density at radius 2 is 1.33 bits per heavy atom. The molecule has 416 valence electrons. The van der Waals surface area contributed by atoms with Gasteiger partial charge in [0.05, 0.1) is 40.8 Å². The van der Waals surface area contributed by atoms with Crippen LogP contribution in [0.15, 0.2) is 78.9 Å². The van der Waals surface area contributed by atoms with Crippen LogP contribution in [0.2, 0.25) is 0 Å². The molecule has 6 amide bonds. The summed E-state index contributed by atoms with van der Waals surface area (Å²) in [5, 5.41) is 18.0. The number of nitrogen functional groups attached to an aromatic ring is 2. The number of aromatic amines is 2. The number of halogens is 2. The highest BCUT2D eigenvalue weighted by atomic mass is 35.5. The van der Waals surface area contributed by atoms with Crippen molar-refractivity contribution in [1.82, 2.24) is 51.8 Å². The lowest BCUT2D eigenvalue weighted by atomic mass is 10.0. The van der Waals surface area contributed by atoms with Crippen molar-refractivity contribution in [2.45, 2.75) is 100 Å². The number of imidazole rings is 2. The molecule has 0 saturated carbocycles. The number of anilines is 3. The number of carbonyl (C=O) groups excluding carboxylic acids is 5. The largest absolute Gasteiger partial charge is 0.494 e. The van der Waals surface area contributed by atoms with E-state index >= 15 is 0 Å². The minimum absolute atomic E-state index is 0.0915. The molecule has 2 aliphatic rings. The number of amides is 6. The number of nitrogens with zero attached hydrogens (tertiary/aromatic N) is 3. The molecule has 19 nitrogen and oxygen atoms in total. The number of alkyl halides is 2. The van der Waals surface area contributed by atoms with Crippen LogP contribution in [0.25, 0.3) is 44.8 Å². The number of aromatic nitrogens is 4. The van der Waals surface area contributed by atoms with Crippen LogP contribution in [-0.4, -0.2) is 130 Å². The van der Waals surface area contributed by atoms with E-state index in [0.29, 0.717) is 110 Å². The number of benzene rings is 4. The summed E-state index contributed by atoms with van der Waals surface area (Å²) in [4.78, 5) is 82.6. The monoisotopic (exact) mass is 1120 g/mol. The summed E-state index contributed by atoms with van der Waals surface area (Å²) in [6, 6.07) is 24.4. The Kier molecular flexibility index (Phi) is 21.0. The van der Waals surface area contributed by atoms with Gasteiger partial charge in [-0.1, -0.05) is 18.6 Å². The fraction of sp³-hybridized carbons (Fsp3) is 0.446. The lowest BCUT2D eigenvalue weighted by molar-refractivity contribution is -0.129. The number of hydrogen-bond acceptors (Lipinski definition) is 12. The fourth-order valence-electron chi connectivity index (χ4n) is 9.81. The molecule has 78 heavy (non-hydrogen) atoms. The van der Waals surface area contributed by atoms with E-state index in [-0.39, 0.29) is 74.3 Å². The Bertz CT molecular complexity index is 2890. The van der Waals surface area contributed by atoms with Gasteiger partial charge in [-0.15, -0.1) is 23.2 Å². The Labute approximate surface area is 468 Å². The zero-order valence-corrected chi connectivity index (χ0v) is 46.1. The molecule has 0 radical (unpaired) electrons. The van der Waals surface area contributed by atoms with Gasteiger partial charge < -0.3 is 63.0 Å². The van der Waals surface area contributed by atoms with Gasteiger partial charge in [0.2, 0.25) is 23.6 Å². The van der Waals surface area contributed by atoms with Gasteiger partial charge >= 0.3 is 6.03 Å². The zero-order chi connectivity index (χ0) is 54.8. The molecule has 0 aliphatic carbocycles. The Balaban J connectivity index is 0.778. The molecule has 6 aromatic rings. The maximum Gasteiger partial charge on any atom is 0.315 e. The van der Waals surface area contributed by atoms with E-state index in [2.05, 4.69) is 46.8 Å². The van der Waals surface area contributed by atoms with Crippen molar-refractivity contribution in [3.63, 3.8) is 0 Å². The third kappa shape index (κ3) is 16.6. The third-order valence-corrected chi connectivity index (χ3v) is 15.7. The van der Waals surface area contributed by atoms with E-state index in [1.165, 1.54) is 0 Å². The van der Waals surface area contributed by atoms with Crippen LogP contribution in [0.5, 0.6) is 5.75 Å². The summed E-state index contributed by atoms with van der Waals surface area (Å²) in [5.41, 5.74) is 20.2. The zero-order valence-electron chi connectivity index (χ0n) is 43.8. The van der Waals surface area contributed by atoms with E-state index in [1.807, 2.05) is 90.6 Å². The molecule has 4 atom stereocenters. The number of thioether (sulfide) groups is 1. The number of carbonyl (C=O) groups is 5. The van der Waals surface area contributed by atoms with Gasteiger partial charge in [0, 0.05) is 103 Å². The maximum atomic E-state index is 13.5. The van der Waals surface area contributed by atoms with E-state index < -0.39 is 6.04 Å². The Morgan fingerprint density at radius 1 is 0.705 bits per heavy atom. The van der Waals surface area contributed by atoms with E-state index in [1.54, 1.807) is 0 Å². The molecule has 2 aliphatic heterocycles. The highest BCUT2D eigenvalue weighted by Crippen LogP contribution is 2.34. The SMILES string of the molecule is Nc1ccc2nc(-c3cc(OCCCC(=O)NCCCC[C@H](NC(=O)CCCc4ccc(N(CCCl)CCCl)cc4)C(=O)NCCNC(=O)CCCC[C@@H]4SC[C@@H]5NC(=O)N[C@@H]54)cc(-c4nc5ccc(N)cc5[nH]4)c3)[nH]c2c1. The van der Waals surface area contributed by atoms with Crippen molar-refractivity contribution in [2.24, 2.45) is 0 Å². The number of nitrogens with one attached hydrogen (secondary N) is 8. The first-order valence-electron chi connectivity index (χ1n) is 27.0. The number of rotatable bonds is 31. The molecule has 4 aromatic carbocycles.